The molecule has 1 aromatic heterocycles. The molecule has 19 heavy (non-hydrogen) atoms. The Kier molecular flexibility index (Phi) is 4.81. The fourth-order valence-corrected chi connectivity index (χ4v) is 3.09. The van der Waals surface area contributed by atoms with E-state index in [-0.39, 0.29) is 6.04 Å². The summed E-state index contributed by atoms with van der Waals surface area (Å²) in [5, 5.41) is 4.46. The summed E-state index contributed by atoms with van der Waals surface area (Å²) in [4.78, 5) is 0. The summed E-state index contributed by atoms with van der Waals surface area (Å²) in [5.41, 5.74) is 9.66. The first-order valence-corrected chi connectivity index (χ1v) is 7.83. The summed E-state index contributed by atoms with van der Waals surface area (Å²) in [6, 6.07) is 8.14. The molecule has 0 aliphatic heterocycles. The predicted octanol–water partition coefficient (Wildman–Crippen LogP) is 3.98. The second-order valence-electron chi connectivity index (χ2n) is 4.57. The molecule has 1 atom stereocenters. The lowest BCUT2D eigenvalue weighted by Gasteiger charge is -2.15. The van der Waals surface area contributed by atoms with Crippen LogP contribution in [0.2, 0.25) is 0 Å². The number of hydrogen-bond donors (Lipinski definition) is 1. The van der Waals surface area contributed by atoms with Crippen molar-refractivity contribution in [2.45, 2.75) is 32.9 Å². The Morgan fingerprint density at radius 3 is 2.74 bits per heavy atom. The van der Waals surface area contributed by atoms with Gasteiger partial charge in [0.15, 0.2) is 0 Å². The summed E-state index contributed by atoms with van der Waals surface area (Å²) in [6.45, 7) is 4.97. The Bertz CT molecular complexity index is 578. The quantitative estimate of drug-likeness (QED) is 0.863. The normalized spacial score (nSPS) is 12.7. The van der Waals surface area contributed by atoms with Crippen LogP contribution < -0.4 is 5.73 Å². The number of nitrogens with two attached hydrogens (primary N) is 1. The lowest BCUT2D eigenvalue weighted by molar-refractivity contribution is 0.586. The third-order valence-electron chi connectivity index (χ3n) is 3.07. The van der Waals surface area contributed by atoms with Gasteiger partial charge in [-0.25, -0.2) is 0 Å². The van der Waals surface area contributed by atoms with Crippen molar-refractivity contribution in [3.63, 3.8) is 0 Å². The molecule has 5 heteroatoms. The molecule has 0 saturated heterocycles. The van der Waals surface area contributed by atoms with Crippen LogP contribution in [0.15, 0.2) is 33.2 Å². The third kappa shape index (κ3) is 3.46. The van der Waals surface area contributed by atoms with E-state index in [9.17, 15) is 0 Å². The Labute approximate surface area is 130 Å². The van der Waals surface area contributed by atoms with Crippen molar-refractivity contribution in [2.75, 3.05) is 0 Å². The molecule has 0 amide bonds. The minimum Gasteiger partial charge on any atom is -0.324 e. The number of rotatable bonds is 4. The van der Waals surface area contributed by atoms with Crippen molar-refractivity contribution in [1.82, 2.24) is 9.78 Å². The van der Waals surface area contributed by atoms with E-state index in [1.807, 2.05) is 23.7 Å². The van der Waals surface area contributed by atoms with Crippen LogP contribution in [0.1, 0.15) is 29.9 Å². The predicted molar refractivity (Wildman–Crippen MR) is 85.1 cm³/mol. The first kappa shape index (κ1) is 14.8. The van der Waals surface area contributed by atoms with Gasteiger partial charge in [-0.2, -0.15) is 5.10 Å². The Balaban J connectivity index is 2.25. The minimum atomic E-state index is -0.0479. The maximum Gasteiger partial charge on any atom is 0.0596 e. The van der Waals surface area contributed by atoms with Crippen LogP contribution in [0.3, 0.4) is 0 Å². The molecule has 2 aromatic rings. The van der Waals surface area contributed by atoms with E-state index in [2.05, 4.69) is 56.0 Å². The fraction of sp³-hybridized carbons (Fsp3) is 0.357. The molecule has 2 N–H and O–H groups in total. The highest BCUT2D eigenvalue weighted by atomic mass is 79.9. The van der Waals surface area contributed by atoms with E-state index in [4.69, 9.17) is 5.73 Å². The molecule has 2 rings (SSSR count). The largest absolute Gasteiger partial charge is 0.324 e. The van der Waals surface area contributed by atoms with Crippen molar-refractivity contribution in [2.24, 2.45) is 5.73 Å². The van der Waals surface area contributed by atoms with Gasteiger partial charge < -0.3 is 5.73 Å². The van der Waals surface area contributed by atoms with Crippen molar-refractivity contribution in [3.8, 4) is 0 Å². The zero-order valence-electron chi connectivity index (χ0n) is 11.0. The molecule has 0 saturated carbocycles. The molecule has 0 fully saturated rings. The van der Waals surface area contributed by atoms with Crippen molar-refractivity contribution < 1.29 is 0 Å². The van der Waals surface area contributed by atoms with Crippen LogP contribution in [-0.4, -0.2) is 9.78 Å². The standard InChI is InChI=1S/C14H17Br2N3/c1-3-19-11(6-9(2)18-19)8-14(17)12-7-10(15)4-5-13(12)16/h4-7,14H,3,8,17H2,1-2H3. The van der Waals surface area contributed by atoms with Gasteiger partial charge in [-0.05, 0) is 43.7 Å². The van der Waals surface area contributed by atoms with Crippen molar-refractivity contribution in [3.05, 3.63) is 50.2 Å². The highest BCUT2D eigenvalue weighted by molar-refractivity contribution is 9.11. The molecular weight excluding hydrogens is 370 g/mol. The van der Waals surface area contributed by atoms with Crippen LogP contribution in [0.25, 0.3) is 0 Å². The number of aromatic nitrogens is 2. The van der Waals surface area contributed by atoms with Crippen molar-refractivity contribution in [1.29, 1.82) is 0 Å². The van der Waals surface area contributed by atoms with Crippen LogP contribution in [0.4, 0.5) is 0 Å². The second kappa shape index (κ2) is 6.20. The first-order chi connectivity index (χ1) is 9.01. The number of hydrogen-bond acceptors (Lipinski definition) is 2. The summed E-state index contributed by atoms with van der Waals surface area (Å²) >= 11 is 7.05. The average molecular weight is 387 g/mol. The molecule has 102 valence electrons. The summed E-state index contributed by atoms with van der Waals surface area (Å²) < 4.78 is 4.10. The zero-order chi connectivity index (χ0) is 14.0. The van der Waals surface area contributed by atoms with Crippen LogP contribution in [0, 0.1) is 6.92 Å². The molecule has 0 aliphatic rings. The average Bonchev–Trinajstić information content (AvgIpc) is 2.72. The topological polar surface area (TPSA) is 43.8 Å². The van der Waals surface area contributed by atoms with Gasteiger partial charge in [0, 0.05) is 33.6 Å². The van der Waals surface area contributed by atoms with Gasteiger partial charge in [0.2, 0.25) is 0 Å². The third-order valence-corrected chi connectivity index (χ3v) is 4.29. The first-order valence-electron chi connectivity index (χ1n) is 6.25. The van der Waals surface area contributed by atoms with Gasteiger partial charge in [0.05, 0.1) is 5.69 Å². The van der Waals surface area contributed by atoms with E-state index in [1.165, 1.54) is 5.69 Å². The molecule has 3 nitrogen and oxygen atoms in total. The van der Waals surface area contributed by atoms with Crippen LogP contribution in [0.5, 0.6) is 0 Å². The SMILES string of the molecule is CCn1nc(C)cc1CC(N)c1cc(Br)ccc1Br. The van der Waals surface area contributed by atoms with E-state index >= 15 is 0 Å². The molecule has 1 unspecified atom stereocenters. The smallest absolute Gasteiger partial charge is 0.0596 e. The van der Waals surface area contributed by atoms with Gasteiger partial charge in [-0.1, -0.05) is 31.9 Å². The Morgan fingerprint density at radius 1 is 1.32 bits per heavy atom. The van der Waals surface area contributed by atoms with Gasteiger partial charge in [-0.3, -0.25) is 4.68 Å². The Hall–Kier alpha value is -0.650. The van der Waals surface area contributed by atoms with E-state index in [1.54, 1.807) is 0 Å². The summed E-state index contributed by atoms with van der Waals surface area (Å²) in [6.07, 6.45) is 0.781. The monoisotopic (exact) mass is 385 g/mol. The minimum absolute atomic E-state index is 0.0479. The maximum absolute atomic E-state index is 6.34. The summed E-state index contributed by atoms with van der Waals surface area (Å²) in [5.74, 6) is 0. The van der Waals surface area contributed by atoms with E-state index in [0.29, 0.717) is 0 Å². The van der Waals surface area contributed by atoms with Gasteiger partial charge >= 0.3 is 0 Å². The fourth-order valence-electron chi connectivity index (χ4n) is 2.17. The highest BCUT2D eigenvalue weighted by Gasteiger charge is 2.14. The van der Waals surface area contributed by atoms with E-state index < -0.39 is 0 Å². The van der Waals surface area contributed by atoms with Gasteiger partial charge in [0.1, 0.15) is 0 Å². The molecule has 0 radical (unpaired) electrons. The number of aryl methyl sites for hydroxylation is 2. The zero-order valence-corrected chi connectivity index (χ0v) is 14.2. The van der Waals surface area contributed by atoms with Crippen LogP contribution >= 0.6 is 31.9 Å². The highest BCUT2D eigenvalue weighted by Crippen LogP contribution is 2.27. The molecule has 0 spiro atoms. The summed E-state index contributed by atoms with van der Waals surface area (Å²) in [7, 11) is 0. The second-order valence-corrected chi connectivity index (χ2v) is 6.34. The van der Waals surface area contributed by atoms with Gasteiger partial charge in [-0.15, -0.1) is 0 Å². The lowest BCUT2D eigenvalue weighted by atomic mass is 10.0. The molecule has 0 bridgehead atoms. The maximum atomic E-state index is 6.34. The number of nitrogens with zero attached hydrogens (tertiary/aromatic N) is 2. The Morgan fingerprint density at radius 2 is 2.05 bits per heavy atom. The van der Waals surface area contributed by atoms with Crippen LogP contribution in [-0.2, 0) is 13.0 Å². The number of halogens is 2. The number of benzene rings is 1. The molecule has 1 heterocycles. The lowest BCUT2D eigenvalue weighted by Crippen LogP contribution is -2.16. The molecular formula is C14H17Br2N3. The molecule has 0 aliphatic carbocycles. The van der Waals surface area contributed by atoms with E-state index in [0.717, 1.165) is 33.2 Å². The molecule has 1 aromatic carbocycles. The van der Waals surface area contributed by atoms with Gasteiger partial charge in [0.25, 0.3) is 0 Å². The van der Waals surface area contributed by atoms with Crippen molar-refractivity contribution >= 4 is 31.9 Å².